The van der Waals surface area contributed by atoms with E-state index >= 15 is 0 Å². The molecular formula is C14H18FNO4. The molecule has 20 heavy (non-hydrogen) atoms. The molecule has 0 bridgehead atoms. The fourth-order valence-electron chi connectivity index (χ4n) is 1.75. The molecule has 0 saturated carbocycles. The Balaban J connectivity index is 3.11. The van der Waals surface area contributed by atoms with Gasteiger partial charge in [-0.1, -0.05) is 26.8 Å². The van der Waals surface area contributed by atoms with E-state index < -0.39 is 29.2 Å². The number of nitrogens with one attached hydrogen (secondary N) is 1. The number of carboxylic acid groups (broad SMARTS) is 1. The van der Waals surface area contributed by atoms with Gasteiger partial charge in [0.15, 0.2) is 0 Å². The lowest BCUT2D eigenvalue weighted by Gasteiger charge is -2.28. The van der Waals surface area contributed by atoms with Crippen molar-refractivity contribution in [3.8, 4) is 5.75 Å². The quantitative estimate of drug-likeness (QED) is 0.887. The first-order valence-corrected chi connectivity index (χ1v) is 6.04. The van der Waals surface area contributed by atoms with Crippen molar-refractivity contribution in [1.29, 1.82) is 0 Å². The van der Waals surface area contributed by atoms with E-state index in [9.17, 15) is 14.0 Å². The Bertz CT molecular complexity index is 522. The molecule has 0 saturated heterocycles. The zero-order valence-corrected chi connectivity index (χ0v) is 11.9. The highest BCUT2D eigenvalue weighted by atomic mass is 19.1. The Morgan fingerprint density at radius 3 is 2.40 bits per heavy atom. The highest BCUT2D eigenvalue weighted by Gasteiger charge is 2.34. The molecule has 1 amide bonds. The van der Waals surface area contributed by atoms with Crippen LogP contribution in [0.4, 0.5) is 4.39 Å². The molecule has 0 aliphatic rings. The second-order valence-corrected chi connectivity index (χ2v) is 5.43. The summed E-state index contributed by atoms with van der Waals surface area (Å²) in [5.74, 6) is -2.70. The van der Waals surface area contributed by atoms with Gasteiger partial charge in [-0.15, -0.1) is 0 Å². The summed E-state index contributed by atoms with van der Waals surface area (Å²) in [6.07, 6.45) is 0. The van der Waals surface area contributed by atoms with Crippen LogP contribution in [-0.2, 0) is 4.79 Å². The zero-order valence-electron chi connectivity index (χ0n) is 11.9. The van der Waals surface area contributed by atoms with Gasteiger partial charge in [-0.2, -0.15) is 0 Å². The fourth-order valence-corrected chi connectivity index (χ4v) is 1.75. The Morgan fingerprint density at radius 1 is 1.35 bits per heavy atom. The maximum Gasteiger partial charge on any atom is 0.326 e. The third-order valence-electron chi connectivity index (χ3n) is 2.81. The van der Waals surface area contributed by atoms with E-state index in [1.54, 1.807) is 20.8 Å². The largest absolute Gasteiger partial charge is 0.496 e. The molecule has 6 heteroatoms. The van der Waals surface area contributed by atoms with Crippen molar-refractivity contribution in [2.75, 3.05) is 7.11 Å². The number of benzene rings is 1. The third kappa shape index (κ3) is 3.46. The molecule has 0 aliphatic heterocycles. The van der Waals surface area contributed by atoms with E-state index in [1.165, 1.54) is 19.2 Å². The molecule has 0 radical (unpaired) electrons. The molecule has 0 unspecified atom stereocenters. The van der Waals surface area contributed by atoms with Gasteiger partial charge in [0.1, 0.15) is 23.2 Å². The van der Waals surface area contributed by atoms with Crippen LogP contribution in [0.2, 0.25) is 0 Å². The van der Waals surface area contributed by atoms with Crippen LogP contribution in [0.25, 0.3) is 0 Å². The SMILES string of the molecule is COc1cccc(F)c1C(=O)N[C@H](C(=O)O)C(C)(C)C. The van der Waals surface area contributed by atoms with Gasteiger partial charge in [-0.05, 0) is 17.5 Å². The van der Waals surface area contributed by atoms with E-state index in [0.717, 1.165) is 6.07 Å². The maximum absolute atomic E-state index is 13.7. The predicted molar refractivity (Wildman–Crippen MR) is 71.3 cm³/mol. The third-order valence-corrected chi connectivity index (χ3v) is 2.81. The first-order valence-electron chi connectivity index (χ1n) is 6.04. The first kappa shape index (κ1) is 15.9. The molecule has 0 spiro atoms. The van der Waals surface area contributed by atoms with Gasteiger partial charge >= 0.3 is 5.97 Å². The molecule has 0 heterocycles. The Kier molecular flexibility index (Phi) is 4.70. The molecule has 0 fully saturated rings. The van der Waals surface area contributed by atoms with E-state index in [4.69, 9.17) is 9.84 Å². The second-order valence-electron chi connectivity index (χ2n) is 5.43. The minimum Gasteiger partial charge on any atom is -0.496 e. The average molecular weight is 283 g/mol. The summed E-state index contributed by atoms with van der Waals surface area (Å²) in [6, 6.07) is 2.82. The van der Waals surface area contributed by atoms with Crippen LogP contribution < -0.4 is 10.1 Å². The number of carboxylic acids is 1. The minimum atomic E-state index is -1.18. The van der Waals surface area contributed by atoms with Gasteiger partial charge in [0.2, 0.25) is 0 Å². The number of rotatable bonds is 4. The van der Waals surface area contributed by atoms with Gasteiger partial charge in [-0.3, -0.25) is 4.79 Å². The Labute approximate surface area is 116 Å². The van der Waals surface area contributed by atoms with Gasteiger partial charge in [-0.25, -0.2) is 9.18 Å². The van der Waals surface area contributed by atoms with Crippen molar-refractivity contribution >= 4 is 11.9 Å². The van der Waals surface area contributed by atoms with E-state index in [0.29, 0.717) is 0 Å². The fraction of sp³-hybridized carbons (Fsp3) is 0.429. The average Bonchev–Trinajstić information content (AvgIpc) is 2.33. The number of ether oxygens (including phenoxy) is 1. The van der Waals surface area contributed by atoms with Crippen LogP contribution in [-0.4, -0.2) is 30.1 Å². The lowest BCUT2D eigenvalue weighted by atomic mass is 9.86. The number of amides is 1. The summed E-state index contributed by atoms with van der Waals surface area (Å²) in [5, 5.41) is 11.5. The van der Waals surface area contributed by atoms with Gasteiger partial charge in [0, 0.05) is 0 Å². The number of halogens is 1. The van der Waals surface area contributed by atoms with Crippen LogP contribution >= 0.6 is 0 Å². The second kappa shape index (κ2) is 5.90. The highest BCUT2D eigenvalue weighted by molar-refractivity contribution is 5.99. The van der Waals surface area contributed by atoms with Crippen LogP contribution in [0.3, 0.4) is 0 Å². The van der Waals surface area contributed by atoms with Crippen molar-refractivity contribution in [3.05, 3.63) is 29.6 Å². The number of carbonyl (C=O) groups is 2. The zero-order chi connectivity index (χ0) is 15.5. The smallest absolute Gasteiger partial charge is 0.326 e. The molecular weight excluding hydrogens is 265 g/mol. The molecule has 0 aliphatic carbocycles. The topological polar surface area (TPSA) is 75.6 Å². The van der Waals surface area contributed by atoms with Crippen molar-refractivity contribution in [3.63, 3.8) is 0 Å². The van der Waals surface area contributed by atoms with Crippen LogP contribution in [0.5, 0.6) is 5.75 Å². The number of carbonyl (C=O) groups excluding carboxylic acids is 1. The van der Waals surface area contributed by atoms with Gasteiger partial charge in [0.05, 0.1) is 7.11 Å². The molecule has 1 aromatic rings. The molecule has 1 atom stereocenters. The lowest BCUT2D eigenvalue weighted by molar-refractivity contribution is -0.142. The van der Waals surface area contributed by atoms with Crippen LogP contribution in [0, 0.1) is 11.2 Å². The van der Waals surface area contributed by atoms with Crippen molar-refractivity contribution in [2.45, 2.75) is 26.8 Å². The minimum absolute atomic E-state index is 0.0561. The lowest BCUT2D eigenvalue weighted by Crippen LogP contribution is -2.49. The van der Waals surface area contributed by atoms with Gasteiger partial charge < -0.3 is 15.2 Å². The molecule has 5 nitrogen and oxygen atoms in total. The standard InChI is InChI=1S/C14H18FNO4/c1-14(2,3)11(13(18)19)16-12(17)10-8(15)6-5-7-9(10)20-4/h5-7,11H,1-4H3,(H,16,17)(H,18,19)/t11-/m1/s1. The molecule has 1 aromatic carbocycles. The van der Waals surface area contributed by atoms with Crippen molar-refractivity contribution < 1.29 is 23.8 Å². The summed E-state index contributed by atoms with van der Waals surface area (Å²) >= 11 is 0. The predicted octanol–water partition coefficient (Wildman–Crippen LogP) is 2.06. The monoisotopic (exact) mass is 283 g/mol. The van der Waals surface area contributed by atoms with Gasteiger partial charge in [0.25, 0.3) is 5.91 Å². The van der Waals surface area contributed by atoms with E-state index in [2.05, 4.69) is 5.32 Å². The van der Waals surface area contributed by atoms with Crippen molar-refractivity contribution in [2.24, 2.45) is 5.41 Å². The molecule has 1 rings (SSSR count). The maximum atomic E-state index is 13.7. The summed E-state index contributed by atoms with van der Waals surface area (Å²) in [4.78, 5) is 23.3. The highest BCUT2D eigenvalue weighted by Crippen LogP contribution is 2.24. The van der Waals surface area contributed by atoms with Crippen molar-refractivity contribution in [1.82, 2.24) is 5.32 Å². The molecule has 0 aromatic heterocycles. The van der Waals surface area contributed by atoms with E-state index in [1.807, 2.05) is 0 Å². The first-order chi connectivity index (χ1) is 9.18. The Morgan fingerprint density at radius 2 is 1.95 bits per heavy atom. The number of methoxy groups -OCH3 is 1. The number of aliphatic carboxylic acids is 1. The normalized spacial score (nSPS) is 12.7. The molecule has 2 N–H and O–H groups in total. The summed E-state index contributed by atoms with van der Waals surface area (Å²) in [7, 11) is 1.31. The number of hydrogen-bond donors (Lipinski definition) is 2. The molecule has 110 valence electrons. The van der Waals surface area contributed by atoms with E-state index in [-0.39, 0.29) is 11.3 Å². The van der Waals surface area contributed by atoms with Crippen LogP contribution in [0.1, 0.15) is 31.1 Å². The summed E-state index contributed by atoms with van der Waals surface area (Å²) in [6.45, 7) is 5.01. The van der Waals surface area contributed by atoms with Crippen LogP contribution in [0.15, 0.2) is 18.2 Å². The number of hydrogen-bond acceptors (Lipinski definition) is 3. The summed E-state index contributed by atoms with van der Waals surface area (Å²) in [5.41, 5.74) is -1.01. The summed E-state index contributed by atoms with van der Waals surface area (Å²) < 4.78 is 18.7. The Hall–Kier alpha value is -2.11.